The molecule has 1 unspecified atom stereocenters. The standard InChI is InChI=1S/C15H17NO2/c17-11-15-14-6-2-1-4-12(14)7-8-16(15)10-13-5-3-9-18-13/h1-6,9,15,17H,7-8,10-11H2. The predicted molar refractivity (Wildman–Crippen MR) is 69.1 cm³/mol. The monoisotopic (exact) mass is 243 g/mol. The number of rotatable bonds is 3. The summed E-state index contributed by atoms with van der Waals surface area (Å²) in [4.78, 5) is 2.28. The Hall–Kier alpha value is -1.58. The number of nitrogens with zero attached hydrogens (tertiary/aromatic N) is 1. The van der Waals surface area contributed by atoms with E-state index >= 15 is 0 Å². The lowest BCUT2D eigenvalue weighted by Gasteiger charge is -2.35. The number of aliphatic hydroxyl groups is 1. The van der Waals surface area contributed by atoms with Crippen LogP contribution in [0, 0.1) is 0 Å². The van der Waals surface area contributed by atoms with E-state index in [0.29, 0.717) is 0 Å². The van der Waals surface area contributed by atoms with E-state index in [1.807, 2.05) is 18.2 Å². The molecule has 3 rings (SSSR count). The molecule has 0 saturated carbocycles. The van der Waals surface area contributed by atoms with Crippen LogP contribution in [-0.2, 0) is 13.0 Å². The van der Waals surface area contributed by atoms with Gasteiger partial charge in [0.1, 0.15) is 5.76 Å². The van der Waals surface area contributed by atoms with Crippen molar-refractivity contribution in [1.82, 2.24) is 4.90 Å². The second-order valence-corrected chi connectivity index (χ2v) is 4.70. The molecule has 1 aromatic heterocycles. The van der Waals surface area contributed by atoms with Gasteiger partial charge in [-0.05, 0) is 29.7 Å². The molecular weight excluding hydrogens is 226 g/mol. The summed E-state index contributed by atoms with van der Waals surface area (Å²) in [6.45, 7) is 1.87. The van der Waals surface area contributed by atoms with Gasteiger partial charge in [0.25, 0.3) is 0 Å². The second-order valence-electron chi connectivity index (χ2n) is 4.70. The lowest BCUT2D eigenvalue weighted by molar-refractivity contribution is 0.101. The molecule has 3 nitrogen and oxygen atoms in total. The Labute approximate surface area is 107 Å². The molecule has 2 aromatic rings. The van der Waals surface area contributed by atoms with Gasteiger partial charge in [-0.2, -0.15) is 0 Å². The van der Waals surface area contributed by atoms with Crippen LogP contribution < -0.4 is 0 Å². The largest absolute Gasteiger partial charge is 0.468 e. The quantitative estimate of drug-likeness (QED) is 0.899. The predicted octanol–water partition coefficient (Wildman–Crippen LogP) is 2.37. The van der Waals surface area contributed by atoms with E-state index in [4.69, 9.17) is 4.42 Å². The molecule has 0 bridgehead atoms. The van der Waals surface area contributed by atoms with Gasteiger partial charge < -0.3 is 9.52 Å². The summed E-state index contributed by atoms with van der Waals surface area (Å²) in [6, 6.07) is 12.3. The van der Waals surface area contributed by atoms with Crippen LogP contribution in [0.4, 0.5) is 0 Å². The van der Waals surface area contributed by atoms with E-state index < -0.39 is 0 Å². The van der Waals surface area contributed by atoms with E-state index in [9.17, 15) is 5.11 Å². The first-order chi connectivity index (χ1) is 8.88. The van der Waals surface area contributed by atoms with E-state index in [0.717, 1.165) is 25.3 Å². The number of furan rings is 1. The van der Waals surface area contributed by atoms with Crippen LogP contribution in [0.15, 0.2) is 47.1 Å². The van der Waals surface area contributed by atoms with Crippen molar-refractivity contribution in [3.8, 4) is 0 Å². The summed E-state index contributed by atoms with van der Waals surface area (Å²) in [7, 11) is 0. The van der Waals surface area contributed by atoms with Crippen LogP contribution in [0.25, 0.3) is 0 Å². The van der Waals surface area contributed by atoms with Crippen molar-refractivity contribution >= 4 is 0 Å². The third-order valence-electron chi connectivity index (χ3n) is 3.64. The fourth-order valence-electron chi connectivity index (χ4n) is 2.71. The van der Waals surface area contributed by atoms with Crippen LogP contribution in [-0.4, -0.2) is 23.2 Å². The Morgan fingerprint density at radius 1 is 1.22 bits per heavy atom. The highest BCUT2D eigenvalue weighted by atomic mass is 16.3. The van der Waals surface area contributed by atoms with Gasteiger partial charge in [0.05, 0.1) is 25.5 Å². The molecule has 0 radical (unpaired) electrons. The zero-order valence-corrected chi connectivity index (χ0v) is 10.2. The molecule has 0 spiro atoms. The molecule has 1 atom stereocenters. The van der Waals surface area contributed by atoms with E-state index in [2.05, 4.69) is 23.1 Å². The minimum atomic E-state index is 0.0834. The Kier molecular flexibility index (Phi) is 3.17. The maximum atomic E-state index is 9.66. The van der Waals surface area contributed by atoms with Crippen LogP contribution >= 0.6 is 0 Å². The molecule has 0 amide bonds. The average Bonchev–Trinajstić information content (AvgIpc) is 2.91. The third-order valence-corrected chi connectivity index (χ3v) is 3.64. The zero-order chi connectivity index (χ0) is 12.4. The number of benzene rings is 1. The highest BCUT2D eigenvalue weighted by Gasteiger charge is 2.26. The fourth-order valence-corrected chi connectivity index (χ4v) is 2.71. The second kappa shape index (κ2) is 4.96. The highest BCUT2D eigenvalue weighted by Crippen LogP contribution is 2.30. The molecule has 1 aliphatic rings. The highest BCUT2D eigenvalue weighted by molar-refractivity contribution is 5.32. The average molecular weight is 243 g/mol. The molecule has 94 valence electrons. The lowest BCUT2D eigenvalue weighted by atomic mass is 9.93. The maximum Gasteiger partial charge on any atom is 0.117 e. The van der Waals surface area contributed by atoms with Gasteiger partial charge in [-0.15, -0.1) is 0 Å². The SMILES string of the molecule is OCC1c2ccccc2CCN1Cc1ccco1. The summed E-state index contributed by atoms with van der Waals surface area (Å²) < 4.78 is 5.39. The van der Waals surface area contributed by atoms with Crippen molar-refractivity contribution in [3.63, 3.8) is 0 Å². The molecule has 1 aromatic carbocycles. The molecule has 1 aliphatic heterocycles. The Morgan fingerprint density at radius 3 is 2.89 bits per heavy atom. The van der Waals surface area contributed by atoms with Crippen LogP contribution in [0.2, 0.25) is 0 Å². The third kappa shape index (κ3) is 2.07. The van der Waals surface area contributed by atoms with Crippen molar-refractivity contribution in [2.24, 2.45) is 0 Å². The molecule has 0 saturated heterocycles. The van der Waals surface area contributed by atoms with Crippen molar-refractivity contribution in [2.45, 2.75) is 19.0 Å². The summed E-state index contributed by atoms with van der Waals surface area (Å²) in [5.74, 6) is 0.952. The number of hydrogen-bond donors (Lipinski definition) is 1. The van der Waals surface area contributed by atoms with E-state index in [-0.39, 0.29) is 12.6 Å². The van der Waals surface area contributed by atoms with Crippen molar-refractivity contribution in [1.29, 1.82) is 0 Å². The fraction of sp³-hybridized carbons (Fsp3) is 0.333. The minimum Gasteiger partial charge on any atom is -0.468 e. The van der Waals surface area contributed by atoms with E-state index in [1.165, 1.54) is 11.1 Å². The van der Waals surface area contributed by atoms with Gasteiger partial charge in [-0.3, -0.25) is 4.90 Å². The normalized spacial score (nSPS) is 19.7. The number of fused-ring (bicyclic) bond motifs is 1. The Bertz CT molecular complexity index is 507. The van der Waals surface area contributed by atoms with Gasteiger partial charge in [0.15, 0.2) is 0 Å². The van der Waals surface area contributed by atoms with Crippen molar-refractivity contribution < 1.29 is 9.52 Å². The number of aliphatic hydroxyl groups excluding tert-OH is 1. The first-order valence-corrected chi connectivity index (χ1v) is 6.33. The van der Waals surface area contributed by atoms with Crippen molar-refractivity contribution in [3.05, 3.63) is 59.5 Å². The summed E-state index contributed by atoms with van der Waals surface area (Å²) in [5.41, 5.74) is 2.60. The molecule has 2 heterocycles. The van der Waals surface area contributed by atoms with Gasteiger partial charge >= 0.3 is 0 Å². The molecule has 1 N–H and O–H groups in total. The van der Waals surface area contributed by atoms with Crippen molar-refractivity contribution in [2.75, 3.05) is 13.2 Å². The Balaban J connectivity index is 1.85. The van der Waals surface area contributed by atoms with Gasteiger partial charge in [-0.1, -0.05) is 24.3 Å². The smallest absolute Gasteiger partial charge is 0.117 e. The molecule has 0 fully saturated rings. The summed E-state index contributed by atoms with van der Waals surface area (Å²) in [5, 5.41) is 9.66. The van der Waals surface area contributed by atoms with Gasteiger partial charge in [0, 0.05) is 6.54 Å². The van der Waals surface area contributed by atoms with E-state index in [1.54, 1.807) is 6.26 Å². The molecule has 3 heteroatoms. The van der Waals surface area contributed by atoms with Crippen LogP contribution in [0.5, 0.6) is 0 Å². The molecule has 18 heavy (non-hydrogen) atoms. The zero-order valence-electron chi connectivity index (χ0n) is 10.2. The lowest BCUT2D eigenvalue weighted by Crippen LogP contribution is -2.36. The maximum absolute atomic E-state index is 9.66. The molecule has 0 aliphatic carbocycles. The van der Waals surface area contributed by atoms with Crippen LogP contribution in [0.1, 0.15) is 22.9 Å². The summed E-state index contributed by atoms with van der Waals surface area (Å²) >= 11 is 0. The first kappa shape index (κ1) is 11.5. The summed E-state index contributed by atoms with van der Waals surface area (Å²) in [6.07, 6.45) is 2.73. The van der Waals surface area contributed by atoms with Gasteiger partial charge in [0.2, 0.25) is 0 Å². The Morgan fingerprint density at radius 2 is 2.11 bits per heavy atom. The topological polar surface area (TPSA) is 36.6 Å². The minimum absolute atomic E-state index is 0.0834. The first-order valence-electron chi connectivity index (χ1n) is 6.33. The van der Waals surface area contributed by atoms with Crippen LogP contribution in [0.3, 0.4) is 0 Å². The van der Waals surface area contributed by atoms with Gasteiger partial charge in [-0.25, -0.2) is 0 Å². The number of hydrogen-bond acceptors (Lipinski definition) is 3. The molecular formula is C15H17NO2.